The maximum absolute atomic E-state index is 13.1. The fourth-order valence-corrected chi connectivity index (χ4v) is 3.14. The summed E-state index contributed by atoms with van der Waals surface area (Å²) in [7, 11) is 3.57. The van der Waals surface area contributed by atoms with E-state index in [1.54, 1.807) is 19.0 Å². The minimum Gasteiger partial charge on any atom is -0.463 e. The van der Waals surface area contributed by atoms with Crippen molar-refractivity contribution in [2.45, 2.75) is 37.9 Å². The zero-order valence-corrected chi connectivity index (χ0v) is 18.0. The van der Waals surface area contributed by atoms with Crippen LogP contribution in [0.4, 0.5) is 10.6 Å². The van der Waals surface area contributed by atoms with Gasteiger partial charge in [-0.2, -0.15) is 9.36 Å². The molecule has 3 heterocycles. The number of hydrogen-bond acceptors (Lipinski definition) is 12. The number of carbonyl (C=O) groups is 3. The van der Waals surface area contributed by atoms with E-state index in [9.17, 15) is 29.4 Å². The van der Waals surface area contributed by atoms with Crippen molar-refractivity contribution < 1.29 is 34.1 Å². The van der Waals surface area contributed by atoms with E-state index < -0.39 is 53.5 Å². The molecule has 5 N–H and O–H groups in total. The summed E-state index contributed by atoms with van der Waals surface area (Å²) in [6.07, 6.45) is -5.70. The van der Waals surface area contributed by atoms with Crippen LogP contribution in [0.2, 0.25) is 0 Å². The van der Waals surface area contributed by atoms with Gasteiger partial charge in [-0.15, -0.1) is 10.2 Å². The number of aliphatic hydroxyl groups excluding tert-OH is 2. The second-order valence-electron chi connectivity index (χ2n) is 7.59. The Bertz CT molecular complexity index is 1130. The first-order valence-electron chi connectivity index (χ1n) is 9.78. The first-order chi connectivity index (χ1) is 15.5. The summed E-state index contributed by atoms with van der Waals surface area (Å²) in [6.45, 7) is 1.21. The molecule has 33 heavy (non-hydrogen) atoms. The minimum absolute atomic E-state index is 0.103. The molecule has 0 saturated carbocycles. The average Bonchev–Trinajstić information content (AvgIpc) is 3.24. The Hall–Kier alpha value is -3.47. The van der Waals surface area contributed by atoms with E-state index in [-0.39, 0.29) is 24.4 Å². The lowest BCUT2D eigenvalue weighted by molar-refractivity contribution is -0.147. The lowest BCUT2D eigenvalue weighted by atomic mass is 10.1. The van der Waals surface area contributed by atoms with Gasteiger partial charge in [0.2, 0.25) is 5.91 Å². The van der Waals surface area contributed by atoms with Crippen LogP contribution >= 0.6 is 0 Å². The largest absolute Gasteiger partial charge is 0.463 e. The van der Waals surface area contributed by atoms with Crippen molar-refractivity contribution in [3.63, 3.8) is 0 Å². The Morgan fingerprint density at radius 1 is 1.27 bits per heavy atom. The third kappa shape index (κ3) is 4.98. The lowest BCUT2D eigenvalue weighted by Crippen LogP contribution is -2.38. The molecule has 0 aliphatic carbocycles. The van der Waals surface area contributed by atoms with Crippen LogP contribution in [0.5, 0.6) is 0 Å². The SMILES string of the molecule is CC(=O)OCC1OC(n2nnc3c(NC(=O)CCN(C)C)nn(C(N)=O)c3c2=O)C(O)C1O. The molecule has 1 fully saturated rings. The number of hydrogen-bond donors (Lipinski definition) is 4. The molecule has 1 aliphatic heterocycles. The van der Waals surface area contributed by atoms with Gasteiger partial charge in [-0.05, 0) is 14.1 Å². The molecule has 1 aliphatic rings. The van der Waals surface area contributed by atoms with Crippen LogP contribution in [-0.4, -0.2) is 103 Å². The Balaban J connectivity index is 1.96. The number of fused-ring (bicyclic) bond motifs is 1. The molecule has 0 bridgehead atoms. The summed E-state index contributed by atoms with van der Waals surface area (Å²) in [4.78, 5) is 49.9. The van der Waals surface area contributed by atoms with Crippen LogP contribution < -0.4 is 16.6 Å². The zero-order valence-electron chi connectivity index (χ0n) is 18.0. The third-order valence-corrected chi connectivity index (χ3v) is 4.79. The molecule has 0 aromatic carbocycles. The number of ether oxygens (including phenoxy) is 2. The van der Waals surface area contributed by atoms with Gasteiger partial charge in [0.15, 0.2) is 23.1 Å². The van der Waals surface area contributed by atoms with E-state index in [4.69, 9.17) is 15.2 Å². The summed E-state index contributed by atoms with van der Waals surface area (Å²) in [6, 6.07) is -1.13. The second kappa shape index (κ2) is 9.57. The third-order valence-electron chi connectivity index (χ3n) is 4.79. The quantitative estimate of drug-likeness (QED) is 0.299. The van der Waals surface area contributed by atoms with E-state index in [0.717, 1.165) is 6.92 Å². The van der Waals surface area contributed by atoms with Gasteiger partial charge in [-0.1, -0.05) is 5.21 Å². The average molecular weight is 468 g/mol. The molecule has 2 amide bonds. The molecular formula is C17H24N8O8. The first kappa shape index (κ1) is 24.2. The molecule has 2 aromatic rings. The number of nitrogens with two attached hydrogens (primary N) is 1. The number of rotatable bonds is 7. The predicted octanol–water partition coefficient (Wildman–Crippen LogP) is -3.01. The highest BCUT2D eigenvalue weighted by molar-refractivity contribution is 6.00. The molecule has 16 nitrogen and oxygen atoms in total. The Labute approximate surface area is 185 Å². The van der Waals surface area contributed by atoms with E-state index in [1.807, 2.05) is 0 Å². The molecule has 0 spiro atoms. The van der Waals surface area contributed by atoms with Gasteiger partial charge in [0.05, 0.1) is 0 Å². The van der Waals surface area contributed by atoms with Crippen molar-refractivity contribution >= 4 is 34.8 Å². The van der Waals surface area contributed by atoms with Gasteiger partial charge in [0.25, 0.3) is 5.56 Å². The van der Waals surface area contributed by atoms with Crippen molar-refractivity contribution in [3.05, 3.63) is 10.4 Å². The highest BCUT2D eigenvalue weighted by Crippen LogP contribution is 2.28. The van der Waals surface area contributed by atoms with Crippen molar-refractivity contribution in [1.29, 1.82) is 0 Å². The number of carbonyl (C=O) groups excluding carboxylic acids is 3. The van der Waals surface area contributed by atoms with Gasteiger partial charge < -0.3 is 35.6 Å². The van der Waals surface area contributed by atoms with Crippen LogP contribution in [0.3, 0.4) is 0 Å². The Morgan fingerprint density at radius 2 is 1.97 bits per heavy atom. The zero-order chi connectivity index (χ0) is 24.4. The second-order valence-corrected chi connectivity index (χ2v) is 7.59. The van der Waals surface area contributed by atoms with E-state index in [0.29, 0.717) is 15.9 Å². The Morgan fingerprint density at radius 3 is 2.58 bits per heavy atom. The van der Waals surface area contributed by atoms with Crippen molar-refractivity contribution in [3.8, 4) is 0 Å². The van der Waals surface area contributed by atoms with Gasteiger partial charge in [-0.3, -0.25) is 14.4 Å². The first-order valence-corrected chi connectivity index (χ1v) is 9.78. The number of amides is 2. The molecule has 0 radical (unpaired) electrons. The van der Waals surface area contributed by atoms with Crippen molar-refractivity contribution in [2.75, 3.05) is 32.6 Å². The maximum atomic E-state index is 13.1. The summed E-state index contributed by atoms with van der Waals surface area (Å²) < 4.78 is 11.4. The predicted molar refractivity (Wildman–Crippen MR) is 109 cm³/mol. The van der Waals surface area contributed by atoms with E-state index >= 15 is 0 Å². The number of nitrogens with zero attached hydrogens (tertiary/aromatic N) is 6. The van der Waals surface area contributed by atoms with Crippen molar-refractivity contribution in [1.82, 2.24) is 29.7 Å². The Kier molecular flexibility index (Phi) is 7.01. The van der Waals surface area contributed by atoms with E-state index in [1.165, 1.54) is 0 Å². The van der Waals surface area contributed by atoms with Gasteiger partial charge in [0, 0.05) is 19.9 Å². The monoisotopic (exact) mass is 468 g/mol. The van der Waals surface area contributed by atoms with Gasteiger partial charge in [-0.25, -0.2) is 4.79 Å². The van der Waals surface area contributed by atoms with E-state index in [2.05, 4.69) is 20.7 Å². The molecular weight excluding hydrogens is 444 g/mol. The number of anilines is 1. The molecule has 4 unspecified atom stereocenters. The summed E-state index contributed by atoms with van der Waals surface area (Å²) in [5, 5.41) is 34.3. The standard InChI is InChI=1S/C17H24N8O8/c1-7(26)32-6-8-12(28)13(29)16(33-8)25-15(30)11-10(20-22-25)14(21-24(11)17(18)31)19-9(27)4-5-23(2)3/h8,12-13,16,28-29H,4-6H2,1-3H3,(H2,18,31)(H,19,21,27). The van der Waals surface area contributed by atoms with Crippen LogP contribution in [0.1, 0.15) is 19.6 Å². The van der Waals surface area contributed by atoms with Gasteiger partial charge >= 0.3 is 12.0 Å². The number of aromatic nitrogens is 5. The molecule has 4 atom stereocenters. The number of esters is 1. The van der Waals surface area contributed by atoms with Gasteiger partial charge in [0.1, 0.15) is 24.9 Å². The summed E-state index contributed by atoms with van der Waals surface area (Å²) >= 11 is 0. The molecule has 1 saturated heterocycles. The lowest BCUT2D eigenvalue weighted by Gasteiger charge is -2.15. The smallest absolute Gasteiger partial charge is 0.340 e. The highest BCUT2D eigenvalue weighted by atomic mass is 16.6. The normalized spacial score (nSPS) is 22.6. The molecule has 180 valence electrons. The summed E-state index contributed by atoms with van der Waals surface area (Å²) in [5.74, 6) is -1.28. The van der Waals surface area contributed by atoms with Crippen LogP contribution in [-0.2, 0) is 19.1 Å². The molecule has 16 heteroatoms. The van der Waals surface area contributed by atoms with Crippen LogP contribution in [0, 0.1) is 0 Å². The number of primary amides is 1. The fraction of sp³-hybridized carbons (Fsp3) is 0.588. The fourth-order valence-electron chi connectivity index (χ4n) is 3.14. The van der Waals surface area contributed by atoms with Crippen LogP contribution in [0.25, 0.3) is 11.0 Å². The topological polar surface area (TPSA) is 217 Å². The number of aliphatic hydroxyl groups is 2. The minimum atomic E-state index is -1.63. The maximum Gasteiger partial charge on any atom is 0.340 e. The molecule has 3 rings (SSSR count). The molecule has 2 aromatic heterocycles. The summed E-state index contributed by atoms with van der Waals surface area (Å²) in [5.41, 5.74) is 3.70. The van der Waals surface area contributed by atoms with Crippen molar-refractivity contribution in [2.24, 2.45) is 5.73 Å². The van der Waals surface area contributed by atoms with Crippen LogP contribution in [0.15, 0.2) is 4.79 Å². The highest BCUT2D eigenvalue weighted by Gasteiger charge is 2.45. The number of nitrogens with one attached hydrogen (secondary N) is 1.